The number of alkyl halides is 2. The molecule has 0 aliphatic rings. The molecule has 0 N–H and O–H groups in total. The summed E-state index contributed by atoms with van der Waals surface area (Å²) >= 11 is 6.79. The van der Waals surface area contributed by atoms with E-state index >= 15 is 0 Å². The van der Waals surface area contributed by atoms with Gasteiger partial charge in [0.05, 0.1) is 26.1 Å². The lowest BCUT2D eigenvalue weighted by Crippen LogP contribution is -2.36. The third-order valence-electron chi connectivity index (χ3n) is 2.41. The van der Waals surface area contributed by atoms with Crippen LogP contribution in [0.25, 0.3) is 0 Å². The average molecular weight is 360 g/mol. The summed E-state index contributed by atoms with van der Waals surface area (Å²) in [7, 11) is 2.68. The average Bonchev–Trinajstić information content (AvgIpc) is 2.32. The standard InChI is InChI=1S/C10H16Br2O4/c1-5(9(13)15-3)7(11)8(12)6(2)10(14)16-4/h5-8H,1-4H3/t5-,6-,7-,8-/m0/s1. The van der Waals surface area contributed by atoms with Gasteiger partial charge in [0.1, 0.15) is 0 Å². The molecule has 0 bridgehead atoms. The Balaban J connectivity index is 4.54. The van der Waals surface area contributed by atoms with Crippen LogP contribution in [-0.4, -0.2) is 35.8 Å². The lowest BCUT2D eigenvalue weighted by Gasteiger charge is -2.24. The lowest BCUT2D eigenvalue weighted by atomic mass is 9.98. The summed E-state index contributed by atoms with van der Waals surface area (Å²) in [4.78, 5) is 22.3. The number of halogens is 2. The van der Waals surface area contributed by atoms with Crippen LogP contribution >= 0.6 is 31.9 Å². The molecule has 0 unspecified atom stereocenters. The van der Waals surface area contributed by atoms with E-state index < -0.39 is 0 Å². The van der Waals surface area contributed by atoms with Crippen LogP contribution in [0.2, 0.25) is 0 Å². The Hall–Kier alpha value is -0.100. The number of carbonyl (C=O) groups excluding carboxylic acids is 2. The quantitative estimate of drug-likeness (QED) is 0.557. The van der Waals surface area contributed by atoms with Gasteiger partial charge in [0.25, 0.3) is 0 Å². The molecule has 0 saturated heterocycles. The van der Waals surface area contributed by atoms with E-state index in [0.29, 0.717) is 0 Å². The van der Waals surface area contributed by atoms with Crippen molar-refractivity contribution in [3.8, 4) is 0 Å². The van der Waals surface area contributed by atoms with E-state index in [9.17, 15) is 9.59 Å². The Morgan fingerprint density at radius 2 is 1.12 bits per heavy atom. The molecule has 16 heavy (non-hydrogen) atoms. The normalized spacial score (nSPS) is 18.1. The van der Waals surface area contributed by atoms with E-state index in [1.54, 1.807) is 13.8 Å². The number of hydrogen-bond donors (Lipinski definition) is 0. The maximum absolute atomic E-state index is 11.3. The SMILES string of the molecule is COC(=O)[C@@H](C)[C@H](Br)[C@@H](Br)[C@H](C)C(=O)OC. The molecule has 0 heterocycles. The first-order chi connectivity index (χ1) is 7.36. The first-order valence-corrected chi connectivity index (χ1v) is 6.63. The summed E-state index contributed by atoms with van der Waals surface area (Å²) in [6.45, 7) is 3.48. The molecule has 4 nitrogen and oxygen atoms in total. The minimum Gasteiger partial charge on any atom is -0.469 e. The van der Waals surface area contributed by atoms with Crippen LogP contribution in [0, 0.1) is 11.8 Å². The predicted octanol–water partition coefficient (Wildman–Crippen LogP) is 2.13. The van der Waals surface area contributed by atoms with Gasteiger partial charge < -0.3 is 9.47 Å². The molecule has 0 spiro atoms. The van der Waals surface area contributed by atoms with Crippen molar-refractivity contribution in [1.29, 1.82) is 0 Å². The van der Waals surface area contributed by atoms with Crippen molar-refractivity contribution in [1.82, 2.24) is 0 Å². The first-order valence-electron chi connectivity index (χ1n) is 4.80. The maximum atomic E-state index is 11.3. The minimum atomic E-state index is -0.346. The van der Waals surface area contributed by atoms with E-state index in [-0.39, 0.29) is 33.4 Å². The van der Waals surface area contributed by atoms with Gasteiger partial charge >= 0.3 is 11.9 Å². The van der Waals surface area contributed by atoms with Crippen molar-refractivity contribution < 1.29 is 19.1 Å². The predicted molar refractivity (Wildman–Crippen MR) is 67.8 cm³/mol. The molecular weight excluding hydrogens is 344 g/mol. The Morgan fingerprint density at radius 1 is 0.875 bits per heavy atom. The van der Waals surface area contributed by atoms with Crippen LogP contribution in [0.4, 0.5) is 0 Å². The maximum Gasteiger partial charge on any atom is 0.309 e. The van der Waals surface area contributed by atoms with Gasteiger partial charge in [-0.1, -0.05) is 45.7 Å². The first kappa shape index (κ1) is 15.9. The summed E-state index contributed by atoms with van der Waals surface area (Å²) in [5.74, 6) is -1.32. The molecule has 0 fully saturated rings. The van der Waals surface area contributed by atoms with Crippen molar-refractivity contribution in [2.45, 2.75) is 23.5 Å². The van der Waals surface area contributed by atoms with Crippen molar-refractivity contribution in [3.63, 3.8) is 0 Å². The van der Waals surface area contributed by atoms with Crippen LogP contribution in [0.1, 0.15) is 13.8 Å². The third-order valence-corrected chi connectivity index (χ3v) is 5.84. The molecule has 0 radical (unpaired) electrons. The monoisotopic (exact) mass is 358 g/mol. The Kier molecular flexibility index (Phi) is 7.22. The second-order valence-electron chi connectivity index (χ2n) is 3.51. The van der Waals surface area contributed by atoms with E-state index in [1.807, 2.05) is 0 Å². The van der Waals surface area contributed by atoms with E-state index in [0.717, 1.165) is 0 Å². The molecule has 0 aromatic rings. The molecule has 0 aliphatic carbocycles. The number of carbonyl (C=O) groups is 2. The Morgan fingerprint density at radius 3 is 1.31 bits per heavy atom. The Labute approximate surface area is 112 Å². The summed E-state index contributed by atoms with van der Waals surface area (Å²) in [6, 6.07) is 0. The smallest absolute Gasteiger partial charge is 0.309 e. The van der Waals surface area contributed by atoms with Gasteiger partial charge in [-0.25, -0.2) is 0 Å². The van der Waals surface area contributed by atoms with Gasteiger partial charge in [-0.2, -0.15) is 0 Å². The molecule has 0 aromatic carbocycles. The fraction of sp³-hybridized carbons (Fsp3) is 0.800. The van der Waals surface area contributed by atoms with Crippen LogP contribution in [-0.2, 0) is 19.1 Å². The van der Waals surface area contributed by atoms with Crippen molar-refractivity contribution in [3.05, 3.63) is 0 Å². The summed E-state index contributed by atoms with van der Waals surface area (Å²) in [6.07, 6.45) is 0. The van der Waals surface area contributed by atoms with Gasteiger partial charge in [0.15, 0.2) is 0 Å². The van der Waals surface area contributed by atoms with Gasteiger partial charge in [-0.05, 0) is 0 Å². The third kappa shape index (κ3) is 4.05. The zero-order chi connectivity index (χ0) is 12.9. The molecule has 0 saturated carbocycles. The van der Waals surface area contributed by atoms with Crippen LogP contribution in [0.5, 0.6) is 0 Å². The van der Waals surface area contributed by atoms with Crippen LogP contribution < -0.4 is 0 Å². The molecule has 0 rings (SSSR count). The largest absolute Gasteiger partial charge is 0.469 e. The van der Waals surface area contributed by atoms with E-state index in [4.69, 9.17) is 0 Å². The highest BCUT2D eigenvalue weighted by atomic mass is 79.9. The van der Waals surface area contributed by atoms with Crippen LogP contribution in [0.3, 0.4) is 0 Å². The van der Waals surface area contributed by atoms with Crippen molar-refractivity contribution >= 4 is 43.8 Å². The molecule has 0 aromatic heterocycles. The topological polar surface area (TPSA) is 52.6 Å². The zero-order valence-corrected chi connectivity index (χ0v) is 12.9. The Bertz CT molecular complexity index is 231. The van der Waals surface area contributed by atoms with Crippen molar-refractivity contribution in [2.75, 3.05) is 14.2 Å². The second-order valence-corrected chi connectivity index (χ2v) is 5.63. The summed E-state index contributed by atoms with van der Waals surface area (Å²) < 4.78 is 9.29. The highest BCUT2D eigenvalue weighted by molar-refractivity contribution is 9.12. The molecule has 0 aliphatic heterocycles. The van der Waals surface area contributed by atoms with Gasteiger partial charge in [0.2, 0.25) is 0 Å². The number of esters is 2. The van der Waals surface area contributed by atoms with Gasteiger partial charge in [0, 0.05) is 9.65 Å². The molecule has 4 atom stereocenters. The number of rotatable bonds is 5. The van der Waals surface area contributed by atoms with Crippen LogP contribution in [0.15, 0.2) is 0 Å². The van der Waals surface area contributed by atoms with E-state index in [2.05, 4.69) is 41.3 Å². The highest BCUT2D eigenvalue weighted by Crippen LogP contribution is 2.29. The van der Waals surface area contributed by atoms with Gasteiger partial charge in [-0.15, -0.1) is 0 Å². The molecule has 94 valence electrons. The number of ether oxygens (including phenoxy) is 2. The lowest BCUT2D eigenvalue weighted by molar-refractivity contribution is -0.147. The number of methoxy groups -OCH3 is 2. The van der Waals surface area contributed by atoms with E-state index in [1.165, 1.54) is 14.2 Å². The minimum absolute atomic E-state index is 0.200. The fourth-order valence-corrected chi connectivity index (χ4v) is 2.53. The zero-order valence-electron chi connectivity index (χ0n) is 9.70. The van der Waals surface area contributed by atoms with Gasteiger partial charge in [-0.3, -0.25) is 9.59 Å². The highest BCUT2D eigenvalue weighted by Gasteiger charge is 2.34. The van der Waals surface area contributed by atoms with Crippen molar-refractivity contribution in [2.24, 2.45) is 11.8 Å². The molecule has 0 amide bonds. The fourth-order valence-electron chi connectivity index (χ4n) is 1.18. The molecular formula is C10H16Br2O4. The molecule has 6 heteroatoms. The summed E-state index contributed by atoms with van der Waals surface area (Å²) in [5.41, 5.74) is 0. The number of hydrogen-bond acceptors (Lipinski definition) is 4. The second kappa shape index (κ2) is 7.27. The summed E-state index contributed by atoms with van der Waals surface area (Å²) in [5, 5.41) is 0.